The number of cyclic esters (lactones) is 4. The lowest BCUT2D eigenvalue weighted by Crippen LogP contribution is -2.32. The van der Waals surface area contributed by atoms with Crippen LogP contribution in [0.1, 0.15) is 94.3 Å². The predicted molar refractivity (Wildman–Crippen MR) is 208 cm³/mol. The van der Waals surface area contributed by atoms with Gasteiger partial charge in [0.1, 0.15) is 0 Å². The van der Waals surface area contributed by atoms with Crippen molar-refractivity contribution in [2.75, 3.05) is 47.3 Å². The molecule has 0 unspecified atom stereocenters. The highest BCUT2D eigenvalue weighted by Gasteiger charge is 2.31. The smallest absolute Gasteiger partial charge is 0.346 e. The first-order valence-corrected chi connectivity index (χ1v) is 18.3. The summed E-state index contributed by atoms with van der Waals surface area (Å²) in [6.45, 7) is 5.04. The van der Waals surface area contributed by atoms with Crippen molar-refractivity contribution in [3.05, 3.63) is 82.9 Å². The molecule has 0 spiro atoms. The molecule has 0 saturated heterocycles. The number of benzene rings is 2. The Morgan fingerprint density at radius 2 is 0.983 bits per heavy atom. The van der Waals surface area contributed by atoms with E-state index in [-0.39, 0.29) is 73.4 Å². The van der Waals surface area contributed by atoms with Gasteiger partial charge in [-0.2, -0.15) is 0 Å². The molecule has 19 nitrogen and oxygen atoms in total. The monoisotopic (exact) mass is 850 g/mol. The third kappa shape index (κ3) is 19.3. The van der Waals surface area contributed by atoms with Gasteiger partial charge in [-0.25, -0.2) is 28.8 Å². The maximum atomic E-state index is 11.2. The summed E-state index contributed by atoms with van der Waals surface area (Å²) in [6, 6.07) is 11.7. The molecule has 0 bridgehead atoms. The molecular weight excluding hydrogens is 796 g/mol. The van der Waals surface area contributed by atoms with Crippen LogP contribution in [0.3, 0.4) is 0 Å². The van der Waals surface area contributed by atoms with Gasteiger partial charge < -0.3 is 54.7 Å². The molecule has 2 aromatic rings. The van der Waals surface area contributed by atoms with Gasteiger partial charge >= 0.3 is 47.8 Å². The van der Waals surface area contributed by atoms with Crippen LogP contribution in [0.4, 0.5) is 0 Å². The van der Waals surface area contributed by atoms with E-state index >= 15 is 0 Å². The Kier molecular flexibility index (Phi) is 25.0. The SMILES string of the molecule is CC(C)(CO)CO.CCC(CO)(CO)CO.COC(=O)C1CCC(C(=O)OC)CC1.O=C(O)c1cccc(C(=O)O)c1.O=C1C=CC(=O)O1.O=C1OC(=O)c2ccccc21. The molecule has 0 atom stereocenters. The summed E-state index contributed by atoms with van der Waals surface area (Å²) < 4.78 is 17.6. The van der Waals surface area contributed by atoms with Gasteiger partial charge in [0, 0.05) is 23.0 Å². The van der Waals surface area contributed by atoms with Crippen molar-refractivity contribution in [2.45, 2.75) is 52.9 Å². The summed E-state index contributed by atoms with van der Waals surface area (Å²) in [5.41, 5.74) is -0.292. The minimum atomic E-state index is -1.13. The van der Waals surface area contributed by atoms with E-state index in [0.29, 0.717) is 17.5 Å². The van der Waals surface area contributed by atoms with Crippen LogP contribution in [-0.2, 0) is 38.1 Å². The summed E-state index contributed by atoms with van der Waals surface area (Å²) in [6.07, 6.45) is 5.68. The zero-order valence-electron chi connectivity index (χ0n) is 34.0. The number of fused-ring (bicyclic) bond motifs is 1. The fourth-order valence-electron chi connectivity index (χ4n) is 4.56. The highest BCUT2D eigenvalue weighted by Crippen LogP contribution is 2.30. The van der Waals surface area contributed by atoms with Crippen LogP contribution < -0.4 is 0 Å². The van der Waals surface area contributed by atoms with Gasteiger partial charge in [-0.1, -0.05) is 39.0 Å². The number of hydrogen-bond donors (Lipinski definition) is 7. The van der Waals surface area contributed by atoms with E-state index in [4.69, 9.17) is 35.7 Å². The Bertz CT molecular complexity index is 1640. The average molecular weight is 851 g/mol. The van der Waals surface area contributed by atoms with E-state index in [1.807, 2.05) is 6.92 Å². The van der Waals surface area contributed by atoms with Crippen molar-refractivity contribution in [3.8, 4) is 0 Å². The van der Waals surface area contributed by atoms with Crippen molar-refractivity contribution >= 4 is 47.8 Å². The Hall–Kier alpha value is -5.86. The van der Waals surface area contributed by atoms with Crippen LogP contribution in [0, 0.1) is 22.7 Å². The Morgan fingerprint density at radius 3 is 1.20 bits per heavy atom. The molecule has 7 N–H and O–H groups in total. The normalized spacial score (nSPS) is 16.0. The Morgan fingerprint density at radius 1 is 0.617 bits per heavy atom. The number of aliphatic hydroxyl groups is 5. The number of ether oxygens (including phenoxy) is 4. The number of carbonyl (C=O) groups excluding carboxylic acids is 6. The molecule has 0 radical (unpaired) electrons. The molecule has 2 aromatic carbocycles. The largest absolute Gasteiger partial charge is 0.478 e. The van der Waals surface area contributed by atoms with Crippen molar-refractivity contribution < 1.29 is 93.0 Å². The molecule has 1 fully saturated rings. The van der Waals surface area contributed by atoms with Gasteiger partial charge in [0.25, 0.3) is 0 Å². The second-order valence-electron chi connectivity index (χ2n) is 13.9. The van der Waals surface area contributed by atoms with E-state index in [2.05, 4.69) is 18.9 Å². The molecule has 1 saturated carbocycles. The number of carboxylic acid groups (broad SMARTS) is 2. The van der Waals surface area contributed by atoms with Gasteiger partial charge in [-0.15, -0.1) is 0 Å². The minimum absolute atomic E-state index is 0.0186. The van der Waals surface area contributed by atoms with Gasteiger partial charge in [0.05, 0.1) is 81.3 Å². The van der Waals surface area contributed by atoms with Crippen molar-refractivity contribution in [3.63, 3.8) is 0 Å². The third-order valence-corrected chi connectivity index (χ3v) is 8.87. The van der Waals surface area contributed by atoms with Crippen molar-refractivity contribution in [2.24, 2.45) is 22.7 Å². The van der Waals surface area contributed by atoms with Gasteiger partial charge in [0.15, 0.2) is 0 Å². The Balaban J connectivity index is 0.000000709. The van der Waals surface area contributed by atoms with Crippen LogP contribution >= 0.6 is 0 Å². The highest BCUT2D eigenvalue weighted by molar-refractivity contribution is 6.14. The molecule has 5 rings (SSSR count). The fourth-order valence-corrected chi connectivity index (χ4v) is 4.56. The van der Waals surface area contributed by atoms with E-state index in [1.54, 1.807) is 38.1 Å². The number of rotatable bonds is 10. The molecule has 3 aliphatic rings. The number of hydrogen-bond acceptors (Lipinski definition) is 17. The zero-order chi connectivity index (χ0) is 46.1. The minimum Gasteiger partial charge on any atom is -0.478 e. The maximum Gasteiger partial charge on any atom is 0.346 e. The summed E-state index contributed by atoms with van der Waals surface area (Å²) in [5.74, 6) is -4.88. The second-order valence-corrected chi connectivity index (χ2v) is 13.9. The molecule has 60 heavy (non-hydrogen) atoms. The maximum absolute atomic E-state index is 11.2. The van der Waals surface area contributed by atoms with Crippen LogP contribution in [0.15, 0.2) is 60.7 Å². The summed E-state index contributed by atoms with van der Waals surface area (Å²) in [4.78, 5) is 84.6. The molecule has 332 valence electrons. The fraction of sp³-hybridized carbons (Fsp3) is 0.463. The number of carbonyl (C=O) groups is 8. The lowest BCUT2D eigenvalue weighted by molar-refractivity contribution is -0.151. The van der Waals surface area contributed by atoms with E-state index in [1.165, 1.54) is 32.4 Å². The van der Waals surface area contributed by atoms with E-state index < -0.39 is 41.2 Å². The van der Waals surface area contributed by atoms with E-state index in [9.17, 15) is 38.4 Å². The first-order valence-electron chi connectivity index (χ1n) is 18.3. The predicted octanol–water partition coefficient (Wildman–Crippen LogP) is 2.20. The topological polar surface area (TPSA) is 315 Å². The summed E-state index contributed by atoms with van der Waals surface area (Å²) in [5, 5.41) is 59.8. The lowest BCUT2D eigenvalue weighted by atomic mass is 9.82. The molecule has 2 heterocycles. The number of aromatic carboxylic acids is 2. The van der Waals surface area contributed by atoms with E-state index in [0.717, 1.165) is 43.9 Å². The number of methoxy groups -OCH3 is 2. The second kappa shape index (κ2) is 27.8. The average Bonchev–Trinajstić information content (AvgIpc) is 3.80. The molecule has 0 amide bonds. The van der Waals surface area contributed by atoms with Crippen LogP contribution in [0.2, 0.25) is 0 Å². The molecule has 0 aromatic heterocycles. The quantitative estimate of drug-likeness (QED) is 0.102. The van der Waals surface area contributed by atoms with Crippen LogP contribution in [0.5, 0.6) is 0 Å². The lowest BCUT2D eigenvalue weighted by Gasteiger charge is -2.24. The number of esters is 6. The zero-order valence-corrected chi connectivity index (χ0v) is 34.0. The molecule has 1 aliphatic carbocycles. The number of aliphatic hydroxyl groups excluding tert-OH is 5. The Labute approximate surface area is 346 Å². The van der Waals surface area contributed by atoms with Crippen LogP contribution in [0.25, 0.3) is 0 Å². The van der Waals surface area contributed by atoms with Crippen molar-refractivity contribution in [1.29, 1.82) is 0 Å². The first kappa shape index (κ1) is 54.1. The van der Waals surface area contributed by atoms with Crippen molar-refractivity contribution in [1.82, 2.24) is 0 Å². The van der Waals surface area contributed by atoms with Crippen LogP contribution in [-0.4, -0.2) is 131 Å². The molecular formula is C41H54O19. The first-order chi connectivity index (χ1) is 28.2. The van der Waals surface area contributed by atoms with Gasteiger partial charge in [0.2, 0.25) is 0 Å². The third-order valence-electron chi connectivity index (χ3n) is 8.87. The van der Waals surface area contributed by atoms with Gasteiger partial charge in [-0.3, -0.25) is 9.59 Å². The van der Waals surface area contributed by atoms with Gasteiger partial charge in [-0.05, 0) is 62.4 Å². The summed E-state index contributed by atoms with van der Waals surface area (Å²) >= 11 is 0. The summed E-state index contributed by atoms with van der Waals surface area (Å²) in [7, 11) is 2.80. The number of carboxylic acids is 2. The standard InChI is InChI=1S/C10H16O4.C8H6O4.C8H4O3.C6H14O3.C5H12O2.C4H2O3/c1-13-9(11)7-3-5-8(6-4-7)10(12)14-2;9-7(10)5-2-1-3-6(4-5)8(11)12;9-7-5-3-1-2-4-6(5)8(10)11-7;1-2-6(3-7,4-8)5-9;1-5(2,3-6)4-7;5-3-1-2-4(6)7-3/h7-8H,3-6H2,1-2H3;1-4H,(H,9,10)(H,11,12);1-4H;7-9H,2-5H2,1H3;6-7H,3-4H2,1-2H3;1-2H. The molecule has 19 heteroatoms. The molecule has 2 aliphatic heterocycles. The highest BCUT2D eigenvalue weighted by atomic mass is 16.6.